The molecular formula is C9H11N3O2S2. The van der Waals surface area contributed by atoms with E-state index in [2.05, 4.69) is 15.6 Å². The zero-order valence-corrected chi connectivity index (χ0v) is 10.1. The monoisotopic (exact) mass is 257 g/mol. The Morgan fingerprint density at radius 3 is 3.12 bits per heavy atom. The normalized spacial score (nSPS) is 25.1. The van der Waals surface area contributed by atoms with Crippen LogP contribution in [0.2, 0.25) is 0 Å². The van der Waals surface area contributed by atoms with Crippen molar-refractivity contribution >= 4 is 21.5 Å². The van der Waals surface area contributed by atoms with E-state index in [9.17, 15) is 8.42 Å². The number of terminal acetylenes is 1. The van der Waals surface area contributed by atoms with Gasteiger partial charge in [-0.2, -0.15) is 17.4 Å². The summed E-state index contributed by atoms with van der Waals surface area (Å²) in [5.41, 5.74) is 0. The zero-order chi connectivity index (χ0) is 11.6. The lowest BCUT2D eigenvalue weighted by Crippen LogP contribution is -2.48. The Kier molecular flexibility index (Phi) is 3.25. The van der Waals surface area contributed by atoms with Gasteiger partial charge in [-0.1, -0.05) is 5.92 Å². The second-order valence-electron chi connectivity index (χ2n) is 3.37. The SMILES string of the molecule is C#CCN1CC[C@@H](c2nccs2)NS1(=O)=O. The molecule has 86 valence electrons. The predicted octanol–water partition coefficient (Wildman–Crippen LogP) is 0.357. The van der Waals surface area contributed by atoms with Crippen molar-refractivity contribution in [1.82, 2.24) is 14.0 Å². The number of hydrogen-bond acceptors (Lipinski definition) is 4. The van der Waals surface area contributed by atoms with Crippen molar-refractivity contribution in [3.63, 3.8) is 0 Å². The van der Waals surface area contributed by atoms with Gasteiger partial charge in [-0.05, 0) is 6.42 Å². The van der Waals surface area contributed by atoms with Crippen LogP contribution >= 0.6 is 11.3 Å². The van der Waals surface area contributed by atoms with Crippen LogP contribution in [0.5, 0.6) is 0 Å². The average molecular weight is 257 g/mol. The molecule has 0 amide bonds. The van der Waals surface area contributed by atoms with Crippen LogP contribution in [0.4, 0.5) is 0 Å². The van der Waals surface area contributed by atoms with Crippen molar-refractivity contribution in [2.24, 2.45) is 0 Å². The highest BCUT2D eigenvalue weighted by Gasteiger charge is 2.32. The van der Waals surface area contributed by atoms with Gasteiger partial charge >= 0.3 is 0 Å². The molecule has 1 fully saturated rings. The van der Waals surface area contributed by atoms with Gasteiger partial charge in [0, 0.05) is 18.1 Å². The third-order valence-electron chi connectivity index (χ3n) is 2.32. The summed E-state index contributed by atoms with van der Waals surface area (Å²) in [6.45, 7) is 0.545. The number of rotatable bonds is 2. The zero-order valence-electron chi connectivity index (χ0n) is 8.46. The minimum Gasteiger partial charge on any atom is -0.248 e. The Morgan fingerprint density at radius 1 is 1.75 bits per heavy atom. The molecule has 0 aromatic carbocycles. The molecule has 2 heterocycles. The molecule has 1 atom stereocenters. The van der Waals surface area contributed by atoms with Gasteiger partial charge in [-0.15, -0.1) is 17.8 Å². The highest BCUT2D eigenvalue weighted by Crippen LogP contribution is 2.24. The van der Waals surface area contributed by atoms with E-state index in [-0.39, 0.29) is 12.6 Å². The van der Waals surface area contributed by atoms with Crippen LogP contribution in [0, 0.1) is 12.3 Å². The summed E-state index contributed by atoms with van der Waals surface area (Å²) >= 11 is 1.45. The molecule has 16 heavy (non-hydrogen) atoms. The second kappa shape index (κ2) is 4.51. The van der Waals surface area contributed by atoms with Gasteiger partial charge in [0.15, 0.2) is 0 Å². The summed E-state index contributed by atoms with van der Waals surface area (Å²) < 4.78 is 27.4. The first-order chi connectivity index (χ1) is 7.63. The van der Waals surface area contributed by atoms with E-state index in [4.69, 9.17) is 6.42 Å². The molecule has 5 nitrogen and oxygen atoms in total. The van der Waals surface area contributed by atoms with E-state index >= 15 is 0 Å². The Hall–Kier alpha value is -0.940. The van der Waals surface area contributed by atoms with Crippen molar-refractivity contribution in [3.8, 4) is 12.3 Å². The molecule has 0 unspecified atom stereocenters. The molecule has 1 aromatic heterocycles. The summed E-state index contributed by atoms with van der Waals surface area (Å²) in [5.74, 6) is 2.34. The first-order valence-electron chi connectivity index (χ1n) is 4.74. The lowest BCUT2D eigenvalue weighted by atomic mass is 10.2. The van der Waals surface area contributed by atoms with E-state index in [1.54, 1.807) is 6.20 Å². The molecule has 0 radical (unpaired) electrons. The lowest BCUT2D eigenvalue weighted by molar-refractivity contribution is 0.365. The van der Waals surface area contributed by atoms with Gasteiger partial charge in [0.1, 0.15) is 5.01 Å². The van der Waals surface area contributed by atoms with Gasteiger partial charge in [-0.3, -0.25) is 0 Å². The third kappa shape index (κ3) is 2.25. The molecular weight excluding hydrogens is 246 g/mol. The Morgan fingerprint density at radius 2 is 2.56 bits per heavy atom. The fourth-order valence-corrected chi connectivity index (χ4v) is 3.68. The predicted molar refractivity (Wildman–Crippen MR) is 61.9 cm³/mol. The maximum Gasteiger partial charge on any atom is 0.280 e. The Labute approximate surface area is 98.7 Å². The van der Waals surface area contributed by atoms with E-state index in [1.165, 1.54) is 15.6 Å². The standard InChI is InChI=1S/C9H11N3O2S2/c1-2-5-12-6-3-8(11-16(12,13)14)9-10-4-7-15-9/h1,4,7-8,11H,3,5-6H2/t8-/m0/s1. The number of nitrogens with one attached hydrogen (secondary N) is 1. The van der Waals surface area contributed by atoms with E-state index in [0.29, 0.717) is 13.0 Å². The molecule has 1 aromatic rings. The van der Waals surface area contributed by atoms with Crippen LogP contribution in [0.3, 0.4) is 0 Å². The number of thiazole rings is 1. The Bertz CT molecular complexity index is 489. The molecule has 0 saturated carbocycles. The van der Waals surface area contributed by atoms with Crippen molar-refractivity contribution in [1.29, 1.82) is 0 Å². The van der Waals surface area contributed by atoms with Crippen LogP contribution in [-0.4, -0.2) is 30.8 Å². The summed E-state index contributed by atoms with van der Waals surface area (Å²) in [6.07, 6.45) is 7.47. The molecule has 1 aliphatic heterocycles. The van der Waals surface area contributed by atoms with Crippen LogP contribution in [0.1, 0.15) is 17.5 Å². The van der Waals surface area contributed by atoms with E-state index in [0.717, 1.165) is 5.01 Å². The minimum absolute atomic E-state index is 0.111. The summed E-state index contributed by atoms with van der Waals surface area (Å²) in [5, 5.41) is 2.63. The first-order valence-corrected chi connectivity index (χ1v) is 7.05. The summed E-state index contributed by atoms with van der Waals surface area (Å²) in [7, 11) is -3.45. The van der Waals surface area contributed by atoms with Crippen molar-refractivity contribution in [2.45, 2.75) is 12.5 Å². The smallest absolute Gasteiger partial charge is 0.248 e. The van der Waals surface area contributed by atoms with Gasteiger partial charge in [0.2, 0.25) is 0 Å². The van der Waals surface area contributed by atoms with Gasteiger partial charge in [0.25, 0.3) is 10.2 Å². The van der Waals surface area contributed by atoms with Crippen molar-refractivity contribution in [2.75, 3.05) is 13.1 Å². The van der Waals surface area contributed by atoms with Crippen LogP contribution in [-0.2, 0) is 10.2 Å². The van der Waals surface area contributed by atoms with Crippen LogP contribution in [0.15, 0.2) is 11.6 Å². The largest absolute Gasteiger partial charge is 0.280 e. The highest BCUT2D eigenvalue weighted by atomic mass is 32.2. The molecule has 0 spiro atoms. The number of aromatic nitrogens is 1. The fraction of sp³-hybridized carbons (Fsp3) is 0.444. The highest BCUT2D eigenvalue weighted by molar-refractivity contribution is 7.87. The third-order valence-corrected chi connectivity index (χ3v) is 4.78. The summed E-state index contributed by atoms with van der Waals surface area (Å²) in [6, 6.07) is -0.223. The molecule has 1 N–H and O–H groups in total. The quantitative estimate of drug-likeness (QED) is 0.778. The molecule has 1 saturated heterocycles. The molecule has 0 bridgehead atoms. The minimum atomic E-state index is -3.45. The van der Waals surface area contributed by atoms with E-state index < -0.39 is 10.2 Å². The van der Waals surface area contributed by atoms with E-state index in [1.807, 2.05) is 5.38 Å². The van der Waals surface area contributed by atoms with Gasteiger partial charge < -0.3 is 0 Å². The molecule has 1 aliphatic rings. The topological polar surface area (TPSA) is 62.3 Å². The van der Waals surface area contributed by atoms with Crippen molar-refractivity contribution in [3.05, 3.63) is 16.6 Å². The van der Waals surface area contributed by atoms with Gasteiger partial charge in [-0.25, -0.2) is 4.98 Å². The number of hydrogen-bond donors (Lipinski definition) is 1. The maximum atomic E-state index is 11.8. The van der Waals surface area contributed by atoms with Gasteiger partial charge in [0.05, 0.1) is 12.6 Å². The molecule has 0 aliphatic carbocycles. The summed E-state index contributed by atoms with van der Waals surface area (Å²) in [4.78, 5) is 4.11. The lowest BCUT2D eigenvalue weighted by Gasteiger charge is -2.29. The number of nitrogens with zero attached hydrogens (tertiary/aromatic N) is 2. The first kappa shape index (κ1) is 11.5. The van der Waals surface area contributed by atoms with Crippen LogP contribution < -0.4 is 4.72 Å². The van der Waals surface area contributed by atoms with Crippen molar-refractivity contribution < 1.29 is 8.42 Å². The maximum absolute atomic E-state index is 11.8. The molecule has 7 heteroatoms. The molecule has 2 rings (SSSR count). The second-order valence-corrected chi connectivity index (χ2v) is 6.00. The average Bonchev–Trinajstić information content (AvgIpc) is 2.74. The van der Waals surface area contributed by atoms with Crippen LogP contribution in [0.25, 0.3) is 0 Å². The fourth-order valence-electron chi connectivity index (χ4n) is 1.55. The Balaban J connectivity index is 2.14.